The van der Waals surface area contributed by atoms with Crippen LogP contribution in [0.25, 0.3) is 90.9 Å². The van der Waals surface area contributed by atoms with Crippen molar-refractivity contribution in [3.05, 3.63) is 166 Å². The van der Waals surface area contributed by atoms with Gasteiger partial charge in [-0.1, -0.05) is 72.8 Å². The summed E-state index contributed by atoms with van der Waals surface area (Å²) in [5.41, 5.74) is 10.1. The number of hydrogen-bond donors (Lipinski definition) is 4. The minimum absolute atomic E-state index is 0. The Bertz CT molecular complexity index is 3030. The van der Waals surface area contributed by atoms with E-state index in [1.54, 1.807) is 48.5 Å². The van der Waals surface area contributed by atoms with Gasteiger partial charge in [0.1, 0.15) is 0 Å². The predicted molar refractivity (Wildman–Crippen MR) is 223 cm³/mol. The van der Waals surface area contributed by atoms with E-state index < -0.39 is 23.9 Å². The quantitative estimate of drug-likeness (QED) is 0.111. The predicted octanol–water partition coefficient (Wildman–Crippen LogP) is 7.44. The number of nitrogens with one attached hydrogen (secondary N) is 2. The summed E-state index contributed by atoms with van der Waals surface area (Å²) in [5.74, 6) is -4.78. The smallest absolute Gasteiger partial charge is 0.545 e. The number of carbonyl (C=O) groups excluding carboxylic acids is 2. The van der Waals surface area contributed by atoms with Gasteiger partial charge in [0.25, 0.3) is 0 Å². The van der Waals surface area contributed by atoms with E-state index in [1.165, 1.54) is 48.5 Å². The van der Waals surface area contributed by atoms with E-state index in [9.17, 15) is 39.6 Å². The molecule has 61 heavy (non-hydrogen) atoms. The molecule has 2 aliphatic rings. The zero-order chi connectivity index (χ0) is 41.7. The number of aromatic amines is 2. The fourth-order valence-electron chi connectivity index (χ4n) is 7.53. The number of nitrogens with zero attached hydrogens (tertiary/aromatic N) is 2. The number of aromatic carboxylic acids is 4. The van der Waals surface area contributed by atoms with Crippen molar-refractivity contribution in [1.29, 1.82) is 0 Å². The molecule has 0 saturated carbocycles. The molecule has 9 rings (SSSR count). The van der Waals surface area contributed by atoms with E-state index in [2.05, 4.69) is 9.97 Å². The molecule has 0 unspecified atom stereocenters. The molecule has 299 valence electrons. The first-order valence-electron chi connectivity index (χ1n) is 18.5. The molecule has 4 N–H and O–H groups in total. The topological polar surface area (TPSA) is 212 Å². The number of fused-ring (bicyclic) bond motifs is 8. The van der Waals surface area contributed by atoms with Crippen molar-refractivity contribution in [3.63, 3.8) is 0 Å². The number of benzene rings is 4. The molecule has 3 aromatic heterocycles. The Hall–Kier alpha value is -8.12. The molecule has 12 nitrogen and oxygen atoms in total. The van der Waals surface area contributed by atoms with Crippen LogP contribution >= 0.6 is 0 Å². The van der Waals surface area contributed by atoms with E-state index in [4.69, 9.17) is 9.97 Å². The van der Waals surface area contributed by atoms with Crippen LogP contribution in [0.1, 0.15) is 64.2 Å². The molecule has 0 amide bonds. The zero-order valence-electron chi connectivity index (χ0n) is 31.4. The first-order chi connectivity index (χ1) is 29.0. The molecular formula is C48H28CuN4O8. The van der Waals surface area contributed by atoms with Crippen LogP contribution < -0.4 is 10.2 Å². The summed E-state index contributed by atoms with van der Waals surface area (Å²) in [6, 6.07) is 33.0. The molecule has 0 saturated heterocycles. The van der Waals surface area contributed by atoms with Crippen LogP contribution in [-0.4, -0.2) is 54.0 Å². The fourth-order valence-corrected chi connectivity index (χ4v) is 7.53. The third-order valence-corrected chi connectivity index (χ3v) is 10.4. The minimum Gasteiger partial charge on any atom is -0.545 e. The number of aromatic nitrogens is 4. The summed E-state index contributed by atoms with van der Waals surface area (Å²) < 4.78 is 0. The summed E-state index contributed by atoms with van der Waals surface area (Å²) in [7, 11) is 0. The molecule has 1 radical (unpaired) electrons. The van der Waals surface area contributed by atoms with Gasteiger partial charge in [0.15, 0.2) is 0 Å². The van der Waals surface area contributed by atoms with E-state index in [-0.39, 0.29) is 39.3 Å². The van der Waals surface area contributed by atoms with Crippen molar-refractivity contribution >= 4 is 70.2 Å². The molecule has 13 heteroatoms. The van der Waals surface area contributed by atoms with Gasteiger partial charge in [-0.3, -0.25) is 0 Å². The molecular weight excluding hydrogens is 824 g/mol. The Morgan fingerprint density at radius 1 is 0.377 bits per heavy atom. The molecule has 0 atom stereocenters. The maximum atomic E-state index is 11.8. The normalized spacial score (nSPS) is 11.5. The molecule has 2 aliphatic heterocycles. The first kappa shape index (κ1) is 39.7. The number of carbonyl (C=O) groups is 4. The average Bonchev–Trinajstić information content (AvgIpc) is 4.10. The maximum absolute atomic E-state index is 11.8. The summed E-state index contributed by atoms with van der Waals surface area (Å²) in [5, 5.41) is 42.8. The second-order valence-electron chi connectivity index (χ2n) is 14.0. The van der Waals surface area contributed by atoms with E-state index >= 15 is 0 Å². The minimum atomic E-state index is -1.32. The van der Waals surface area contributed by atoms with Crippen LogP contribution in [0, 0.1) is 0 Å². The van der Waals surface area contributed by atoms with Crippen molar-refractivity contribution in [3.8, 4) is 44.5 Å². The Morgan fingerprint density at radius 2 is 0.639 bits per heavy atom. The zero-order valence-corrected chi connectivity index (χ0v) is 32.3. The van der Waals surface area contributed by atoms with E-state index in [0.717, 1.165) is 0 Å². The van der Waals surface area contributed by atoms with Crippen LogP contribution in [0.4, 0.5) is 0 Å². The summed E-state index contributed by atoms with van der Waals surface area (Å²) >= 11 is 0. The Morgan fingerprint density at radius 3 is 0.951 bits per heavy atom. The Balaban J connectivity index is 0.00000514. The monoisotopic (exact) mass is 851 g/mol. The van der Waals surface area contributed by atoms with Crippen molar-refractivity contribution in [2.24, 2.45) is 0 Å². The van der Waals surface area contributed by atoms with Crippen molar-refractivity contribution in [2.75, 3.05) is 0 Å². The molecule has 0 fully saturated rings. The average molecular weight is 852 g/mol. The number of carboxylic acids is 4. The third-order valence-electron chi connectivity index (χ3n) is 10.4. The van der Waals surface area contributed by atoms with Crippen molar-refractivity contribution < 1.29 is 56.7 Å². The van der Waals surface area contributed by atoms with Gasteiger partial charge in [0.05, 0.1) is 45.8 Å². The fraction of sp³-hybridized carbons (Fsp3) is 0. The molecule has 5 heterocycles. The first-order valence-corrected chi connectivity index (χ1v) is 18.5. The van der Waals surface area contributed by atoms with Gasteiger partial charge < -0.3 is 40.0 Å². The standard InChI is InChI=1S/C48H30N4O8.Cu/c53-45(54)29-9-1-25(2-10-29)41-33-17-19-35(49-33)42(26-3-11-30(12-4-26)46(55)56)37-21-23-39(51-37)44(28-7-15-32(16-8-28)48(59)60)40-24-22-38(52-40)43(36-20-18-34(41)50-36)27-5-13-31(14-6-27)47(57)58;/h1-24,49-50H,(H,53,54)(H,55,56)(H,57,58)(H,59,60);/q;+2/p-2. The second kappa shape index (κ2) is 15.9. The largest absolute Gasteiger partial charge is 2.00 e. The molecule has 4 aromatic carbocycles. The third kappa shape index (κ3) is 7.42. The Labute approximate surface area is 356 Å². The summed E-state index contributed by atoms with van der Waals surface area (Å²) in [4.78, 5) is 64.5. The van der Waals surface area contributed by atoms with Crippen LogP contribution in [0.3, 0.4) is 0 Å². The van der Waals surface area contributed by atoms with Gasteiger partial charge in [-0.15, -0.1) is 0 Å². The number of hydrogen-bond acceptors (Lipinski definition) is 8. The van der Waals surface area contributed by atoms with Crippen LogP contribution in [0.5, 0.6) is 0 Å². The maximum Gasteiger partial charge on any atom is 2.00 e. The number of rotatable bonds is 8. The Kier molecular flexibility index (Phi) is 10.4. The van der Waals surface area contributed by atoms with Gasteiger partial charge in [0.2, 0.25) is 0 Å². The van der Waals surface area contributed by atoms with Crippen molar-refractivity contribution in [1.82, 2.24) is 19.9 Å². The molecule has 0 spiro atoms. The van der Waals surface area contributed by atoms with Crippen LogP contribution in [0.15, 0.2) is 121 Å². The van der Waals surface area contributed by atoms with Gasteiger partial charge in [-0.05, 0) is 106 Å². The molecule has 8 bridgehead atoms. The van der Waals surface area contributed by atoms with Gasteiger partial charge >= 0.3 is 29.0 Å². The van der Waals surface area contributed by atoms with Gasteiger partial charge in [-0.25, -0.2) is 19.6 Å². The van der Waals surface area contributed by atoms with Crippen LogP contribution in [-0.2, 0) is 17.1 Å². The number of H-pyrrole nitrogens is 2. The second-order valence-corrected chi connectivity index (χ2v) is 14.0. The number of carboxylic acid groups (broad SMARTS) is 4. The van der Waals surface area contributed by atoms with Crippen molar-refractivity contribution in [2.45, 2.75) is 0 Å². The molecule has 0 aliphatic carbocycles. The van der Waals surface area contributed by atoms with Gasteiger partial charge in [0, 0.05) is 44.3 Å². The molecule has 7 aromatic rings. The summed E-state index contributed by atoms with van der Waals surface area (Å²) in [6.07, 6.45) is 7.34. The van der Waals surface area contributed by atoms with Crippen LogP contribution in [0.2, 0.25) is 0 Å². The SMILES string of the molecule is O=C([O-])c1ccc(-c2c3nc(c(-c4ccc(C(=O)[O-])cc4)c4ccc([nH]4)c(-c4ccc(C(=O)O)cc4)c4ccc([nH]4)c(-c4ccc(C(=O)O)cc4)c4nc2C=C4)C=C3)cc1.[Cu+2]. The van der Waals surface area contributed by atoms with Gasteiger partial charge in [-0.2, -0.15) is 0 Å². The summed E-state index contributed by atoms with van der Waals surface area (Å²) in [6.45, 7) is 0. The van der Waals surface area contributed by atoms with E-state index in [1.807, 2.05) is 48.6 Å². The van der Waals surface area contributed by atoms with E-state index in [0.29, 0.717) is 89.4 Å².